The molecule has 1 unspecified atom stereocenters. The van der Waals surface area contributed by atoms with Crippen molar-refractivity contribution < 1.29 is 19.4 Å². The zero-order chi connectivity index (χ0) is 24.4. The molecular formula is C28H28N2O4. The number of Topliss-reactive ketones (excluding diaryl/α,β-unsaturated/α-hetero) is 1. The van der Waals surface area contributed by atoms with Gasteiger partial charge in [-0.05, 0) is 59.4 Å². The lowest BCUT2D eigenvalue weighted by Gasteiger charge is -2.25. The molecule has 174 valence electrons. The van der Waals surface area contributed by atoms with Gasteiger partial charge >= 0.3 is 0 Å². The van der Waals surface area contributed by atoms with E-state index < -0.39 is 17.7 Å². The van der Waals surface area contributed by atoms with E-state index in [9.17, 15) is 14.7 Å². The molecule has 1 saturated heterocycles. The second-order valence-corrected chi connectivity index (χ2v) is 8.76. The van der Waals surface area contributed by atoms with E-state index in [1.54, 1.807) is 19.5 Å². The molecule has 0 spiro atoms. The number of methoxy groups -OCH3 is 1. The van der Waals surface area contributed by atoms with E-state index in [-0.39, 0.29) is 23.8 Å². The van der Waals surface area contributed by atoms with Crippen LogP contribution in [0.2, 0.25) is 0 Å². The number of aliphatic hydroxyl groups excluding tert-OH is 1. The molecule has 0 saturated carbocycles. The van der Waals surface area contributed by atoms with Crippen LogP contribution in [-0.4, -0.2) is 33.8 Å². The van der Waals surface area contributed by atoms with Crippen LogP contribution in [0.1, 0.15) is 53.6 Å². The molecule has 0 aliphatic carbocycles. The number of amides is 1. The summed E-state index contributed by atoms with van der Waals surface area (Å²) in [5.74, 6) is -0.640. The second-order valence-electron chi connectivity index (χ2n) is 8.76. The molecule has 1 amide bonds. The summed E-state index contributed by atoms with van der Waals surface area (Å²) >= 11 is 0. The third-order valence-electron chi connectivity index (χ3n) is 6.21. The van der Waals surface area contributed by atoms with Crippen LogP contribution in [0.5, 0.6) is 5.75 Å². The van der Waals surface area contributed by atoms with Gasteiger partial charge in [0.1, 0.15) is 11.5 Å². The summed E-state index contributed by atoms with van der Waals surface area (Å²) < 4.78 is 5.53. The number of ether oxygens (including phenoxy) is 1. The van der Waals surface area contributed by atoms with Crippen LogP contribution >= 0.6 is 0 Å². The molecule has 1 N–H and O–H groups in total. The number of benzene rings is 2. The predicted octanol–water partition coefficient (Wildman–Crippen LogP) is 5.14. The molecule has 1 aliphatic rings. The molecule has 6 nitrogen and oxygen atoms in total. The maximum atomic E-state index is 13.3. The number of aromatic nitrogens is 1. The van der Waals surface area contributed by atoms with Gasteiger partial charge in [0.2, 0.25) is 0 Å². The number of pyridine rings is 1. The van der Waals surface area contributed by atoms with E-state index in [0.717, 1.165) is 28.0 Å². The van der Waals surface area contributed by atoms with Crippen LogP contribution in [0.25, 0.3) is 5.76 Å². The van der Waals surface area contributed by atoms with Crippen LogP contribution in [-0.2, 0) is 16.1 Å². The van der Waals surface area contributed by atoms with Gasteiger partial charge < -0.3 is 14.7 Å². The summed E-state index contributed by atoms with van der Waals surface area (Å²) in [4.78, 5) is 32.1. The number of hydrogen-bond donors (Lipinski definition) is 1. The first-order valence-corrected chi connectivity index (χ1v) is 11.2. The van der Waals surface area contributed by atoms with E-state index in [1.165, 1.54) is 4.90 Å². The number of nitrogens with zero attached hydrogens (tertiary/aromatic N) is 2. The Hall–Kier alpha value is -3.93. The van der Waals surface area contributed by atoms with Crippen LogP contribution < -0.4 is 4.74 Å². The lowest BCUT2D eigenvalue weighted by Crippen LogP contribution is -2.29. The first-order chi connectivity index (χ1) is 16.3. The van der Waals surface area contributed by atoms with Gasteiger partial charge in [-0.3, -0.25) is 14.6 Å². The summed E-state index contributed by atoms with van der Waals surface area (Å²) in [5.41, 5.74) is 3.89. The molecular weight excluding hydrogens is 428 g/mol. The van der Waals surface area contributed by atoms with Crippen molar-refractivity contribution in [2.75, 3.05) is 7.11 Å². The van der Waals surface area contributed by atoms with Gasteiger partial charge in [-0.1, -0.05) is 44.2 Å². The largest absolute Gasteiger partial charge is 0.507 e. The molecule has 2 aromatic carbocycles. The van der Waals surface area contributed by atoms with E-state index in [4.69, 9.17) is 4.74 Å². The average Bonchev–Trinajstić information content (AvgIpc) is 3.09. The van der Waals surface area contributed by atoms with Crippen molar-refractivity contribution in [1.82, 2.24) is 9.88 Å². The van der Waals surface area contributed by atoms with Crippen LogP contribution in [0.15, 0.2) is 72.6 Å². The molecule has 3 aromatic rings. The number of aryl methyl sites for hydroxylation is 1. The summed E-state index contributed by atoms with van der Waals surface area (Å²) in [6.07, 6.45) is 3.30. The van der Waals surface area contributed by atoms with E-state index in [1.807, 2.05) is 75.4 Å². The molecule has 1 aliphatic heterocycles. The SMILES string of the molecule is COc1cc(C)c(/C(O)=C2\C(=O)C(=O)N(Cc3ccncc3)C2c2ccccc2)cc1C(C)C. The molecule has 1 atom stereocenters. The Morgan fingerprint density at radius 2 is 1.76 bits per heavy atom. The Morgan fingerprint density at radius 1 is 1.09 bits per heavy atom. The van der Waals surface area contributed by atoms with Crippen molar-refractivity contribution in [3.05, 3.63) is 100 Å². The van der Waals surface area contributed by atoms with Gasteiger partial charge in [0.15, 0.2) is 0 Å². The first kappa shape index (κ1) is 23.2. The molecule has 4 rings (SSSR count). The van der Waals surface area contributed by atoms with Crippen molar-refractivity contribution in [3.8, 4) is 5.75 Å². The molecule has 6 heteroatoms. The van der Waals surface area contributed by atoms with Crippen molar-refractivity contribution in [2.45, 2.75) is 39.3 Å². The number of rotatable bonds is 6. The Labute approximate surface area is 199 Å². The van der Waals surface area contributed by atoms with Crippen LogP contribution in [0, 0.1) is 6.92 Å². The summed E-state index contributed by atoms with van der Waals surface area (Å²) in [5, 5.41) is 11.5. The lowest BCUT2D eigenvalue weighted by molar-refractivity contribution is -0.140. The third-order valence-corrected chi connectivity index (χ3v) is 6.21. The number of hydrogen-bond acceptors (Lipinski definition) is 5. The number of carbonyl (C=O) groups is 2. The number of carbonyl (C=O) groups excluding carboxylic acids is 2. The number of ketones is 1. The molecule has 2 heterocycles. The first-order valence-electron chi connectivity index (χ1n) is 11.2. The van der Waals surface area contributed by atoms with Gasteiger partial charge in [-0.25, -0.2) is 0 Å². The van der Waals surface area contributed by atoms with Gasteiger partial charge in [0.25, 0.3) is 11.7 Å². The number of aliphatic hydroxyl groups is 1. The van der Waals surface area contributed by atoms with Crippen molar-refractivity contribution in [3.63, 3.8) is 0 Å². The van der Waals surface area contributed by atoms with E-state index in [0.29, 0.717) is 5.56 Å². The highest BCUT2D eigenvalue weighted by molar-refractivity contribution is 6.46. The van der Waals surface area contributed by atoms with E-state index in [2.05, 4.69) is 4.98 Å². The minimum Gasteiger partial charge on any atom is -0.507 e. The van der Waals surface area contributed by atoms with E-state index >= 15 is 0 Å². The number of likely N-dealkylation sites (tertiary alicyclic amines) is 1. The van der Waals surface area contributed by atoms with Crippen molar-refractivity contribution in [1.29, 1.82) is 0 Å². The predicted molar refractivity (Wildman–Crippen MR) is 130 cm³/mol. The monoisotopic (exact) mass is 456 g/mol. The highest BCUT2D eigenvalue weighted by Gasteiger charge is 2.46. The lowest BCUT2D eigenvalue weighted by atomic mass is 9.91. The smallest absolute Gasteiger partial charge is 0.295 e. The Bertz CT molecular complexity index is 1250. The van der Waals surface area contributed by atoms with Gasteiger partial charge in [-0.15, -0.1) is 0 Å². The zero-order valence-electron chi connectivity index (χ0n) is 19.8. The normalized spacial score (nSPS) is 17.4. The quantitative estimate of drug-likeness (QED) is 0.315. The maximum absolute atomic E-state index is 13.3. The zero-order valence-corrected chi connectivity index (χ0v) is 19.8. The van der Waals surface area contributed by atoms with Crippen molar-refractivity contribution >= 4 is 17.4 Å². The topological polar surface area (TPSA) is 79.7 Å². The standard InChI is InChI=1S/C28H28N2O4/c1-17(2)21-15-22(18(3)14-23(21)34-4)26(31)24-25(20-8-6-5-7-9-20)30(28(33)27(24)32)16-19-10-12-29-13-11-19/h5-15,17,25,31H,16H2,1-4H3/b26-24+. The summed E-state index contributed by atoms with van der Waals surface area (Å²) in [6, 6.07) is 15.9. The molecule has 34 heavy (non-hydrogen) atoms. The van der Waals surface area contributed by atoms with Gasteiger partial charge in [0, 0.05) is 24.5 Å². The fourth-order valence-corrected chi connectivity index (χ4v) is 4.44. The molecule has 1 aromatic heterocycles. The second kappa shape index (κ2) is 9.51. The maximum Gasteiger partial charge on any atom is 0.295 e. The Kier molecular flexibility index (Phi) is 6.50. The van der Waals surface area contributed by atoms with Crippen LogP contribution in [0.4, 0.5) is 0 Å². The molecule has 0 bridgehead atoms. The molecule has 0 radical (unpaired) electrons. The molecule has 1 fully saturated rings. The Balaban J connectivity index is 1.90. The third kappa shape index (κ3) is 4.19. The minimum atomic E-state index is -0.710. The fraction of sp³-hybridized carbons (Fsp3) is 0.250. The van der Waals surface area contributed by atoms with Gasteiger partial charge in [0.05, 0.1) is 18.7 Å². The average molecular weight is 457 g/mol. The highest BCUT2D eigenvalue weighted by atomic mass is 16.5. The van der Waals surface area contributed by atoms with Gasteiger partial charge in [-0.2, -0.15) is 0 Å². The summed E-state index contributed by atoms with van der Waals surface area (Å²) in [7, 11) is 1.61. The summed E-state index contributed by atoms with van der Waals surface area (Å²) in [6.45, 7) is 6.15. The minimum absolute atomic E-state index is 0.0910. The fourth-order valence-electron chi connectivity index (χ4n) is 4.44. The highest BCUT2D eigenvalue weighted by Crippen LogP contribution is 2.41. The van der Waals surface area contributed by atoms with Crippen LogP contribution in [0.3, 0.4) is 0 Å². The Morgan fingerprint density at radius 3 is 2.38 bits per heavy atom. The van der Waals surface area contributed by atoms with Crippen molar-refractivity contribution in [2.24, 2.45) is 0 Å².